The van der Waals surface area contributed by atoms with E-state index in [0.29, 0.717) is 0 Å². The van der Waals surface area contributed by atoms with Gasteiger partial charge in [-0.3, -0.25) is 9.79 Å². The van der Waals surface area contributed by atoms with Crippen LogP contribution < -0.4 is 0 Å². The van der Waals surface area contributed by atoms with E-state index < -0.39 is 40.2 Å². The molecule has 0 bridgehead atoms. The van der Waals surface area contributed by atoms with Crippen molar-refractivity contribution in [3.63, 3.8) is 0 Å². The van der Waals surface area contributed by atoms with Crippen LogP contribution in [0.1, 0.15) is 0 Å². The minimum atomic E-state index is -5.14. The average molecular weight is 399 g/mol. The zero-order valence-corrected chi connectivity index (χ0v) is 13.3. The Balaban J connectivity index is 0. The summed E-state index contributed by atoms with van der Waals surface area (Å²) >= 11 is 35.3. The Bertz CT molecular complexity index is 230. The number of hydrogen-bond acceptors (Lipinski definition) is 1. The third-order valence-corrected chi connectivity index (χ3v) is 5.86. The van der Waals surface area contributed by atoms with Crippen LogP contribution in [0.15, 0.2) is 0 Å². The van der Waals surface area contributed by atoms with Crippen molar-refractivity contribution in [3.05, 3.63) is 0 Å². The Morgan fingerprint density at radius 2 is 0.778 bits per heavy atom. The zero-order chi connectivity index (χ0) is 14.0. The molecule has 0 heterocycles. The summed E-state index contributed by atoms with van der Waals surface area (Å²) < 4.78 is 19.0. The van der Waals surface area contributed by atoms with Crippen LogP contribution in [-0.4, -0.2) is 60.9 Å². The van der Waals surface area contributed by atoms with Gasteiger partial charge in [-0.15, -0.1) is 73.8 Å². The summed E-state index contributed by atoms with van der Waals surface area (Å²) in [4.78, 5) is 13.9. The van der Waals surface area contributed by atoms with E-state index in [1.54, 1.807) is 0 Å². The SMILES string of the molecule is Cl[C@H]1[C@H](Cl)[C@@H](Cl)[C@@H](Cl)[C@H](Cl)[C@H]1Cl.O=P(O)(O)F.[LiH]. The monoisotopic (exact) mass is 396 g/mol. The first-order chi connectivity index (χ1) is 7.46. The van der Waals surface area contributed by atoms with E-state index in [1.807, 2.05) is 0 Å². The first-order valence-electron chi connectivity index (χ1n) is 4.06. The van der Waals surface area contributed by atoms with Crippen LogP contribution in [0.4, 0.5) is 4.20 Å². The molecule has 106 valence electrons. The van der Waals surface area contributed by atoms with Gasteiger partial charge in [-0.05, 0) is 0 Å². The van der Waals surface area contributed by atoms with Crippen LogP contribution in [0, 0.1) is 0 Å². The minimum absolute atomic E-state index is 0. The maximum atomic E-state index is 10.4. The quantitative estimate of drug-likeness (QED) is 0.374. The molecule has 1 rings (SSSR count). The molecule has 0 aromatic rings. The summed E-state index contributed by atoms with van der Waals surface area (Å²) in [6, 6.07) is 0. The van der Waals surface area contributed by atoms with Gasteiger partial charge in [-0.2, -0.15) is 0 Å². The van der Waals surface area contributed by atoms with Gasteiger partial charge in [-0.1, -0.05) is 0 Å². The predicted molar refractivity (Wildman–Crippen MR) is 78.1 cm³/mol. The van der Waals surface area contributed by atoms with Crippen molar-refractivity contribution in [2.24, 2.45) is 0 Å². The maximum absolute atomic E-state index is 10.4. The molecule has 0 atom stereocenters. The van der Waals surface area contributed by atoms with Crippen molar-refractivity contribution < 1.29 is 18.5 Å². The molecule has 0 spiro atoms. The van der Waals surface area contributed by atoms with Gasteiger partial charge in [0.2, 0.25) is 0 Å². The molecule has 1 saturated carbocycles. The van der Waals surface area contributed by atoms with Gasteiger partial charge < -0.3 is 0 Å². The van der Waals surface area contributed by atoms with Gasteiger partial charge in [0.1, 0.15) is 0 Å². The van der Waals surface area contributed by atoms with Crippen LogP contribution >= 0.6 is 77.5 Å². The standard InChI is InChI=1S/C6H6Cl6.FH2O3P.Li.H/c7-1-2(8)4(10)6(12)5(11)3(1)9;1-5(2,3)4;;/h1-6H;(H2,2,3,4);;/t1-,2-,3-,4+,5+,6+;;;. The molecule has 0 aromatic carbocycles. The van der Waals surface area contributed by atoms with Crippen molar-refractivity contribution in [1.82, 2.24) is 0 Å². The van der Waals surface area contributed by atoms with E-state index >= 15 is 0 Å². The summed E-state index contributed by atoms with van der Waals surface area (Å²) in [5, 5.41) is -2.62. The summed E-state index contributed by atoms with van der Waals surface area (Å²) in [5.41, 5.74) is 0. The molecular formula is C6H9Cl6FLiO3P. The summed E-state index contributed by atoms with van der Waals surface area (Å²) in [7, 11) is -5.14. The Hall–Kier alpha value is 2.42. The van der Waals surface area contributed by atoms with Gasteiger partial charge in [0.15, 0.2) is 0 Å². The van der Waals surface area contributed by atoms with E-state index in [1.165, 1.54) is 0 Å². The van der Waals surface area contributed by atoms with E-state index in [0.717, 1.165) is 0 Å². The van der Waals surface area contributed by atoms with Crippen LogP contribution in [0.25, 0.3) is 0 Å². The molecule has 12 heteroatoms. The Kier molecular flexibility index (Phi) is 11.9. The average Bonchev–Trinajstić information content (AvgIpc) is 2.18. The molecule has 18 heavy (non-hydrogen) atoms. The first kappa shape index (κ1) is 22.7. The molecule has 0 radical (unpaired) electrons. The van der Waals surface area contributed by atoms with Gasteiger partial charge >= 0.3 is 26.8 Å². The van der Waals surface area contributed by atoms with Crippen molar-refractivity contribution in [2.45, 2.75) is 32.3 Å². The molecule has 1 fully saturated rings. The molecule has 1 aliphatic carbocycles. The molecule has 0 aromatic heterocycles. The molecular weight excluding hydrogens is 390 g/mol. The second-order valence-corrected chi connectivity index (χ2v) is 7.11. The fourth-order valence-electron chi connectivity index (χ4n) is 1.05. The second-order valence-electron chi connectivity index (χ2n) is 3.14. The van der Waals surface area contributed by atoms with E-state index in [2.05, 4.69) is 0 Å². The fraction of sp³-hybridized carbons (Fsp3) is 1.00. The fourth-order valence-corrected chi connectivity index (χ4v) is 3.38. The van der Waals surface area contributed by atoms with Crippen LogP contribution in [-0.2, 0) is 4.57 Å². The van der Waals surface area contributed by atoms with Crippen molar-refractivity contribution in [1.29, 1.82) is 0 Å². The van der Waals surface area contributed by atoms with E-state index in [-0.39, 0.29) is 18.9 Å². The van der Waals surface area contributed by atoms with Crippen LogP contribution in [0.3, 0.4) is 0 Å². The Labute approximate surface area is 146 Å². The van der Waals surface area contributed by atoms with E-state index in [9.17, 15) is 4.20 Å². The van der Waals surface area contributed by atoms with Gasteiger partial charge in [-0.25, -0.2) is 4.57 Å². The molecule has 0 amide bonds. The molecule has 3 nitrogen and oxygen atoms in total. The number of alkyl halides is 6. The molecule has 0 unspecified atom stereocenters. The Morgan fingerprint density at radius 3 is 0.833 bits per heavy atom. The van der Waals surface area contributed by atoms with Gasteiger partial charge in [0.05, 0.1) is 32.3 Å². The number of hydrogen-bond donors (Lipinski definition) is 2. The number of rotatable bonds is 0. The summed E-state index contributed by atoms with van der Waals surface area (Å²) in [6.45, 7) is 0. The van der Waals surface area contributed by atoms with Crippen molar-refractivity contribution >= 4 is 96.4 Å². The van der Waals surface area contributed by atoms with Gasteiger partial charge in [0, 0.05) is 0 Å². The topological polar surface area (TPSA) is 57.5 Å². The second kappa shape index (κ2) is 9.44. The summed E-state index contributed by atoms with van der Waals surface area (Å²) in [5.74, 6) is 0. The van der Waals surface area contributed by atoms with Gasteiger partial charge in [0.25, 0.3) is 0 Å². The third kappa shape index (κ3) is 8.01. The third-order valence-electron chi connectivity index (χ3n) is 1.83. The molecule has 0 aliphatic heterocycles. The Morgan fingerprint density at radius 1 is 0.722 bits per heavy atom. The van der Waals surface area contributed by atoms with Crippen LogP contribution in [0.5, 0.6) is 0 Å². The molecule has 2 N–H and O–H groups in total. The van der Waals surface area contributed by atoms with Crippen molar-refractivity contribution in [3.8, 4) is 0 Å². The normalized spacial score (nSPS) is 40.3. The zero-order valence-electron chi connectivity index (χ0n) is 7.86. The first-order valence-corrected chi connectivity index (χ1v) is 8.18. The van der Waals surface area contributed by atoms with E-state index in [4.69, 9.17) is 84.0 Å². The predicted octanol–water partition coefficient (Wildman–Crippen LogP) is 3.04. The molecule has 1 aliphatic rings. The molecule has 0 saturated heterocycles. The van der Waals surface area contributed by atoms with Crippen molar-refractivity contribution in [2.75, 3.05) is 0 Å². The number of halogens is 7. The van der Waals surface area contributed by atoms with Crippen LogP contribution in [0.2, 0.25) is 0 Å². The summed E-state index contributed by atoms with van der Waals surface area (Å²) in [6.07, 6.45) is 0.